The smallest absolute Gasteiger partial charge is 0.319 e. The lowest BCUT2D eigenvalue weighted by Crippen LogP contribution is -2.37. The molecular weight excluding hydrogens is 578 g/mol. The SMILES string of the molecule is CC(C)NC(=O)Nc1ccc(Oc2ccc(NC(=O)c3ccc(-n4cc(CN5CCCC(O)C5)c5ccccc54)cc3)cc2)cc1. The van der Waals surface area contributed by atoms with Gasteiger partial charge in [0.25, 0.3) is 5.91 Å². The first-order valence-electron chi connectivity index (χ1n) is 15.7. The fourth-order valence-corrected chi connectivity index (χ4v) is 5.76. The van der Waals surface area contributed by atoms with Gasteiger partial charge in [0, 0.05) is 53.3 Å². The number of aliphatic hydroxyl groups excluding tert-OH is 1. The summed E-state index contributed by atoms with van der Waals surface area (Å²) < 4.78 is 8.09. The molecule has 9 nitrogen and oxygen atoms in total. The minimum Gasteiger partial charge on any atom is -0.457 e. The van der Waals surface area contributed by atoms with Crippen LogP contribution in [0.2, 0.25) is 0 Å². The van der Waals surface area contributed by atoms with Crippen molar-refractivity contribution in [2.24, 2.45) is 0 Å². The van der Waals surface area contributed by atoms with Crippen LogP contribution >= 0.6 is 0 Å². The Morgan fingerprint density at radius 3 is 2.17 bits per heavy atom. The quantitative estimate of drug-likeness (QED) is 0.140. The average Bonchev–Trinajstić information content (AvgIpc) is 3.41. The molecule has 6 rings (SSSR count). The van der Waals surface area contributed by atoms with Crippen LogP contribution < -0.4 is 20.7 Å². The fourth-order valence-electron chi connectivity index (χ4n) is 5.76. The summed E-state index contributed by atoms with van der Waals surface area (Å²) in [6.07, 6.45) is 3.79. The molecule has 4 aromatic carbocycles. The van der Waals surface area contributed by atoms with E-state index in [1.807, 2.05) is 44.2 Å². The molecule has 1 atom stereocenters. The lowest BCUT2D eigenvalue weighted by Gasteiger charge is -2.29. The van der Waals surface area contributed by atoms with Crippen molar-refractivity contribution in [3.8, 4) is 17.2 Å². The number of likely N-dealkylation sites (tertiary alicyclic amines) is 1. The largest absolute Gasteiger partial charge is 0.457 e. The van der Waals surface area contributed by atoms with Crippen molar-refractivity contribution in [3.05, 3.63) is 114 Å². The van der Waals surface area contributed by atoms with Crippen molar-refractivity contribution >= 4 is 34.2 Å². The Morgan fingerprint density at radius 2 is 1.52 bits per heavy atom. The number of hydrogen-bond donors (Lipinski definition) is 4. The number of ether oxygens (including phenoxy) is 1. The van der Waals surface area contributed by atoms with Crippen molar-refractivity contribution < 1.29 is 19.4 Å². The number of nitrogens with one attached hydrogen (secondary N) is 3. The zero-order valence-electron chi connectivity index (χ0n) is 26.1. The van der Waals surface area contributed by atoms with Gasteiger partial charge in [0.2, 0.25) is 0 Å². The second kappa shape index (κ2) is 13.9. The highest BCUT2D eigenvalue weighted by Crippen LogP contribution is 2.28. The number of fused-ring (bicyclic) bond motifs is 1. The van der Waals surface area contributed by atoms with Crippen molar-refractivity contribution in [3.63, 3.8) is 0 Å². The summed E-state index contributed by atoms with van der Waals surface area (Å²) in [6.45, 7) is 6.28. The number of carbonyl (C=O) groups is 2. The van der Waals surface area contributed by atoms with Gasteiger partial charge in [-0.1, -0.05) is 18.2 Å². The molecule has 46 heavy (non-hydrogen) atoms. The Balaban J connectivity index is 1.07. The van der Waals surface area contributed by atoms with Crippen LogP contribution in [0.4, 0.5) is 16.2 Å². The zero-order valence-corrected chi connectivity index (χ0v) is 26.1. The van der Waals surface area contributed by atoms with Gasteiger partial charge in [-0.05, 0) is 118 Å². The molecule has 0 spiro atoms. The van der Waals surface area contributed by atoms with E-state index in [1.165, 1.54) is 10.9 Å². The van der Waals surface area contributed by atoms with Crippen molar-refractivity contribution in [1.29, 1.82) is 0 Å². The summed E-state index contributed by atoms with van der Waals surface area (Å²) >= 11 is 0. The van der Waals surface area contributed by atoms with Gasteiger partial charge in [-0.3, -0.25) is 9.69 Å². The molecule has 0 aliphatic carbocycles. The first-order chi connectivity index (χ1) is 22.3. The number of carbonyl (C=O) groups excluding carboxylic acids is 2. The van der Waals surface area contributed by atoms with Crippen molar-refractivity contribution in [1.82, 2.24) is 14.8 Å². The number of β-amino-alcohol motifs (C(OH)–C–C–N with tert-alkyl or cyclic N) is 1. The monoisotopic (exact) mass is 617 g/mol. The number of nitrogens with zero attached hydrogens (tertiary/aromatic N) is 2. The number of piperidine rings is 1. The molecule has 0 saturated carbocycles. The molecule has 4 N–H and O–H groups in total. The fraction of sp³-hybridized carbons (Fsp3) is 0.243. The van der Waals surface area contributed by atoms with Crippen LogP contribution in [-0.2, 0) is 6.54 Å². The van der Waals surface area contributed by atoms with E-state index in [0.717, 1.165) is 37.1 Å². The lowest BCUT2D eigenvalue weighted by molar-refractivity contribution is 0.0670. The number of amides is 3. The summed E-state index contributed by atoms with van der Waals surface area (Å²) in [5, 5.41) is 19.8. The maximum Gasteiger partial charge on any atom is 0.319 e. The number of anilines is 2. The van der Waals surface area contributed by atoms with Crippen LogP contribution in [0.3, 0.4) is 0 Å². The molecule has 1 aliphatic heterocycles. The summed E-state index contributed by atoms with van der Waals surface area (Å²) in [5.41, 5.74) is 5.18. The number of aliphatic hydroxyl groups is 1. The van der Waals surface area contributed by atoms with E-state index < -0.39 is 0 Å². The highest BCUT2D eigenvalue weighted by Gasteiger charge is 2.20. The summed E-state index contributed by atoms with van der Waals surface area (Å²) in [5.74, 6) is 1.04. The molecule has 2 heterocycles. The summed E-state index contributed by atoms with van der Waals surface area (Å²) in [6, 6.07) is 30.0. The molecule has 5 aromatic rings. The van der Waals surface area contributed by atoms with Crippen molar-refractivity contribution in [2.45, 2.75) is 45.4 Å². The molecule has 9 heteroatoms. The highest BCUT2D eigenvalue weighted by atomic mass is 16.5. The average molecular weight is 618 g/mol. The molecule has 1 unspecified atom stereocenters. The van der Waals surface area contributed by atoms with Gasteiger partial charge in [-0.15, -0.1) is 0 Å². The zero-order chi connectivity index (χ0) is 32.0. The van der Waals surface area contributed by atoms with Gasteiger partial charge in [0.15, 0.2) is 0 Å². The predicted molar refractivity (Wildman–Crippen MR) is 182 cm³/mol. The van der Waals surface area contributed by atoms with E-state index in [-0.39, 0.29) is 24.1 Å². The second-order valence-electron chi connectivity index (χ2n) is 12.0. The third-order valence-corrected chi connectivity index (χ3v) is 7.96. The number of urea groups is 1. The number of para-hydroxylation sites is 1. The van der Waals surface area contributed by atoms with E-state index in [0.29, 0.717) is 35.0 Å². The molecule has 0 bridgehead atoms. The lowest BCUT2D eigenvalue weighted by atomic mass is 10.1. The molecule has 0 radical (unpaired) electrons. The Labute approximate surface area is 268 Å². The minimum absolute atomic E-state index is 0.0493. The third-order valence-electron chi connectivity index (χ3n) is 7.96. The Bertz CT molecular complexity index is 1800. The Hall–Kier alpha value is -5.12. The maximum absolute atomic E-state index is 13.1. The molecule has 1 fully saturated rings. The maximum atomic E-state index is 13.1. The highest BCUT2D eigenvalue weighted by molar-refractivity contribution is 6.04. The number of hydrogen-bond acceptors (Lipinski definition) is 5. The van der Waals surface area contributed by atoms with E-state index in [1.54, 1.807) is 48.5 Å². The van der Waals surface area contributed by atoms with Gasteiger partial charge in [-0.25, -0.2) is 4.79 Å². The first-order valence-corrected chi connectivity index (χ1v) is 15.7. The van der Waals surface area contributed by atoms with Gasteiger partial charge in [0.1, 0.15) is 11.5 Å². The van der Waals surface area contributed by atoms with E-state index >= 15 is 0 Å². The first kappa shape index (κ1) is 30.9. The molecule has 1 aromatic heterocycles. The predicted octanol–water partition coefficient (Wildman–Crippen LogP) is 7.16. The van der Waals surface area contributed by atoms with Crippen LogP contribution in [0.25, 0.3) is 16.6 Å². The summed E-state index contributed by atoms with van der Waals surface area (Å²) in [4.78, 5) is 27.3. The topological polar surface area (TPSA) is 108 Å². The normalized spacial score (nSPS) is 15.1. The van der Waals surface area contributed by atoms with E-state index in [2.05, 4.69) is 49.8 Å². The second-order valence-corrected chi connectivity index (χ2v) is 12.0. The minimum atomic E-state index is -0.259. The molecule has 236 valence electrons. The van der Waals surface area contributed by atoms with E-state index in [4.69, 9.17) is 4.74 Å². The number of aromatic nitrogens is 1. The van der Waals surface area contributed by atoms with Crippen LogP contribution in [0.1, 0.15) is 42.6 Å². The van der Waals surface area contributed by atoms with Crippen LogP contribution in [0, 0.1) is 0 Å². The molecule has 1 saturated heterocycles. The Morgan fingerprint density at radius 1 is 0.870 bits per heavy atom. The molecule has 1 aliphatic rings. The Kier molecular flexibility index (Phi) is 9.33. The third kappa shape index (κ3) is 7.56. The molecular formula is C37H39N5O4. The van der Waals surface area contributed by atoms with Gasteiger partial charge in [-0.2, -0.15) is 0 Å². The number of rotatable bonds is 9. The van der Waals surface area contributed by atoms with Gasteiger partial charge >= 0.3 is 6.03 Å². The van der Waals surface area contributed by atoms with Crippen LogP contribution in [0.15, 0.2) is 103 Å². The van der Waals surface area contributed by atoms with Gasteiger partial charge < -0.3 is 30.4 Å². The van der Waals surface area contributed by atoms with Crippen LogP contribution in [0.5, 0.6) is 11.5 Å². The van der Waals surface area contributed by atoms with Gasteiger partial charge in [0.05, 0.1) is 11.6 Å². The number of benzene rings is 4. The van der Waals surface area contributed by atoms with Crippen molar-refractivity contribution in [2.75, 3.05) is 23.7 Å². The summed E-state index contributed by atoms with van der Waals surface area (Å²) in [7, 11) is 0. The van der Waals surface area contributed by atoms with E-state index in [9.17, 15) is 14.7 Å². The standard InChI is InChI=1S/C37H39N5O4/c1-25(2)38-37(45)40-29-13-19-33(20-14-29)46-32-17-11-28(12-18-32)39-36(44)26-9-15-30(16-10-26)42-23-27(34-7-3-4-8-35(34)42)22-41-21-5-6-31(43)24-41/h3-4,7-20,23,25,31,43H,5-6,21-22,24H2,1-2H3,(H,39,44)(H2,38,40,45). The molecule has 3 amide bonds. The van der Waals surface area contributed by atoms with Crippen LogP contribution in [-0.4, -0.2) is 51.7 Å².